The summed E-state index contributed by atoms with van der Waals surface area (Å²) in [6.45, 7) is 2.53. The minimum absolute atomic E-state index is 0.284. The number of aromatic nitrogens is 2. The van der Waals surface area contributed by atoms with Crippen molar-refractivity contribution in [2.24, 2.45) is 0 Å². The van der Waals surface area contributed by atoms with Gasteiger partial charge in [0.05, 0.1) is 5.52 Å². The summed E-state index contributed by atoms with van der Waals surface area (Å²) in [6, 6.07) is 19.6. The number of rotatable bonds is 9. The Balaban J connectivity index is 1.22. The van der Waals surface area contributed by atoms with Crippen LogP contribution in [0.1, 0.15) is 18.6 Å². The second-order valence-electron chi connectivity index (χ2n) is 7.29. The van der Waals surface area contributed by atoms with Crippen LogP contribution in [0.4, 0.5) is 0 Å². The highest BCUT2D eigenvalue weighted by molar-refractivity contribution is 5.72. The van der Waals surface area contributed by atoms with Crippen molar-refractivity contribution in [1.82, 2.24) is 14.6 Å². The van der Waals surface area contributed by atoms with Crippen LogP contribution in [-0.4, -0.2) is 34.8 Å². The number of hydrogen-bond donors (Lipinski definition) is 0. The van der Waals surface area contributed by atoms with Crippen LogP contribution in [0.5, 0.6) is 0 Å². The van der Waals surface area contributed by atoms with Crippen LogP contribution in [0.2, 0.25) is 0 Å². The van der Waals surface area contributed by atoms with Gasteiger partial charge in [-0.3, -0.25) is 4.57 Å². The lowest BCUT2D eigenvalue weighted by Crippen LogP contribution is -2.24. The molecular weight excluding hydrogens is 366 g/mol. The third-order valence-corrected chi connectivity index (χ3v) is 5.09. The summed E-state index contributed by atoms with van der Waals surface area (Å²) in [7, 11) is 2.10. The van der Waals surface area contributed by atoms with Crippen molar-refractivity contribution >= 4 is 11.1 Å². The smallest absolute Gasteiger partial charge is 0.408 e. The Labute approximate surface area is 169 Å². The molecule has 2 aromatic carbocycles. The molecule has 0 N–H and O–H groups in total. The number of fused-ring (bicyclic) bond motifs is 1. The Hall–Kier alpha value is -3.12. The minimum atomic E-state index is -0.284. The fraction of sp³-hybridized carbons (Fsp3) is 0.304. The van der Waals surface area contributed by atoms with Gasteiger partial charge in [0.25, 0.3) is 0 Å². The molecule has 150 valence electrons. The van der Waals surface area contributed by atoms with Gasteiger partial charge in [0.2, 0.25) is 0 Å². The van der Waals surface area contributed by atoms with Gasteiger partial charge in [-0.2, -0.15) is 0 Å². The second kappa shape index (κ2) is 8.92. The second-order valence-corrected chi connectivity index (χ2v) is 7.29. The molecule has 4 aromatic rings. The van der Waals surface area contributed by atoms with Crippen LogP contribution in [-0.2, 0) is 13.0 Å². The van der Waals surface area contributed by atoms with Crippen LogP contribution in [0.15, 0.2) is 74.4 Å². The third kappa shape index (κ3) is 4.66. The van der Waals surface area contributed by atoms with Gasteiger partial charge in [-0.05, 0) is 45.1 Å². The predicted molar refractivity (Wildman–Crippen MR) is 113 cm³/mol. The van der Waals surface area contributed by atoms with Crippen LogP contribution < -0.4 is 5.76 Å². The average molecular weight is 391 g/mol. The molecule has 0 bridgehead atoms. The Morgan fingerprint density at radius 3 is 2.62 bits per heavy atom. The molecule has 2 heterocycles. The molecule has 2 aromatic heterocycles. The molecule has 4 rings (SSSR count). The van der Waals surface area contributed by atoms with Gasteiger partial charge in [0.1, 0.15) is 11.5 Å². The maximum Gasteiger partial charge on any atom is 0.419 e. The maximum absolute atomic E-state index is 12.0. The van der Waals surface area contributed by atoms with E-state index in [1.807, 2.05) is 60.7 Å². The first kappa shape index (κ1) is 19.2. The van der Waals surface area contributed by atoms with E-state index >= 15 is 0 Å². The van der Waals surface area contributed by atoms with Crippen LogP contribution in [0.25, 0.3) is 22.4 Å². The zero-order chi connectivity index (χ0) is 20.1. The summed E-state index contributed by atoms with van der Waals surface area (Å²) in [5.41, 5.74) is 3.46. The Bertz CT molecular complexity index is 1110. The van der Waals surface area contributed by atoms with Gasteiger partial charge < -0.3 is 13.8 Å². The van der Waals surface area contributed by atoms with E-state index in [9.17, 15) is 4.79 Å². The topological polar surface area (TPSA) is 64.4 Å². The summed E-state index contributed by atoms with van der Waals surface area (Å²) in [5.74, 6) is 0.627. The van der Waals surface area contributed by atoms with E-state index in [1.54, 1.807) is 4.57 Å². The zero-order valence-corrected chi connectivity index (χ0v) is 16.6. The standard InChI is InChI=1S/C23H25N3O3/c1-25(15-8-16-26-21-12-5-6-13-22(21)28-23(26)27)14-7-11-19-17-20(24-29-19)18-9-3-2-4-10-18/h2-6,9-10,12-13,17H,7-8,11,14-16H2,1H3. The van der Waals surface area contributed by atoms with Crippen molar-refractivity contribution in [1.29, 1.82) is 0 Å². The largest absolute Gasteiger partial charge is 0.419 e. The first-order valence-corrected chi connectivity index (χ1v) is 9.98. The van der Waals surface area contributed by atoms with E-state index in [0.29, 0.717) is 12.1 Å². The van der Waals surface area contributed by atoms with E-state index < -0.39 is 0 Å². The molecule has 0 aliphatic heterocycles. The highest BCUT2D eigenvalue weighted by Gasteiger charge is 2.09. The maximum atomic E-state index is 12.0. The van der Waals surface area contributed by atoms with E-state index in [0.717, 1.165) is 54.9 Å². The fourth-order valence-electron chi connectivity index (χ4n) is 3.54. The Morgan fingerprint density at radius 2 is 1.76 bits per heavy atom. The number of para-hydroxylation sites is 2. The zero-order valence-electron chi connectivity index (χ0n) is 16.6. The summed E-state index contributed by atoms with van der Waals surface area (Å²) in [4.78, 5) is 14.3. The van der Waals surface area contributed by atoms with Gasteiger partial charge in [-0.15, -0.1) is 0 Å². The number of oxazole rings is 1. The van der Waals surface area contributed by atoms with E-state index in [-0.39, 0.29) is 5.76 Å². The van der Waals surface area contributed by atoms with E-state index in [1.165, 1.54) is 0 Å². The molecule has 0 amide bonds. The van der Waals surface area contributed by atoms with Crippen molar-refractivity contribution in [2.75, 3.05) is 20.1 Å². The summed E-state index contributed by atoms with van der Waals surface area (Å²) in [5, 5.41) is 4.17. The lowest BCUT2D eigenvalue weighted by atomic mass is 10.1. The van der Waals surface area contributed by atoms with E-state index in [4.69, 9.17) is 8.94 Å². The quantitative estimate of drug-likeness (QED) is 0.428. The molecule has 0 radical (unpaired) electrons. The third-order valence-electron chi connectivity index (χ3n) is 5.09. The predicted octanol–water partition coefficient (Wildman–Crippen LogP) is 4.20. The molecule has 0 aliphatic rings. The molecule has 0 atom stereocenters. The van der Waals surface area contributed by atoms with Crippen molar-refractivity contribution < 1.29 is 8.94 Å². The van der Waals surface area contributed by atoms with Crippen molar-refractivity contribution in [3.63, 3.8) is 0 Å². The SMILES string of the molecule is CN(CCCc1cc(-c2ccccc2)no1)CCCn1c(=O)oc2ccccc21. The lowest BCUT2D eigenvalue weighted by molar-refractivity contribution is 0.307. The van der Waals surface area contributed by atoms with Crippen LogP contribution in [0, 0.1) is 0 Å². The highest BCUT2D eigenvalue weighted by Crippen LogP contribution is 2.19. The molecule has 6 nitrogen and oxygen atoms in total. The van der Waals surface area contributed by atoms with Crippen LogP contribution in [0.3, 0.4) is 0 Å². The normalized spacial score (nSPS) is 11.5. The summed E-state index contributed by atoms with van der Waals surface area (Å²) in [6.07, 6.45) is 2.74. The fourth-order valence-corrected chi connectivity index (χ4v) is 3.54. The monoisotopic (exact) mass is 391 g/mol. The van der Waals surface area contributed by atoms with Gasteiger partial charge in [-0.1, -0.05) is 47.6 Å². The van der Waals surface area contributed by atoms with Crippen molar-refractivity contribution in [3.8, 4) is 11.3 Å². The molecule has 29 heavy (non-hydrogen) atoms. The summed E-state index contributed by atoms with van der Waals surface area (Å²) >= 11 is 0. The number of hydrogen-bond acceptors (Lipinski definition) is 5. The molecule has 0 spiro atoms. The molecule has 6 heteroatoms. The average Bonchev–Trinajstić information content (AvgIpc) is 3.33. The summed E-state index contributed by atoms with van der Waals surface area (Å²) < 4.78 is 12.5. The Morgan fingerprint density at radius 1 is 1.00 bits per heavy atom. The number of benzene rings is 2. The van der Waals surface area contributed by atoms with Gasteiger partial charge in [0.15, 0.2) is 5.58 Å². The van der Waals surface area contributed by atoms with Gasteiger partial charge >= 0.3 is 5.76 Å². The van der Waals surface area contributed by atoms with Gasteiger partial charge in [-0.25, -0.2) is 4.79 Å². The van der Waals surface area contributed by atoms with Crippen LogP contribution >= 0.6 is 0 Å². The lowest BCUT2D eigenvalue weighted by Gasteiger charge is -2.15. The molecular formula is C23H25N3O3. The highest BCUT2D eigenvalue weighted by atomic mass is 16.5. The molecule has 0 saturated carbocycles. The molecule has 0 unspecified atom stereocenters. The minimum Gasteiger partial charge on any atom is -0.408 e. The Kier molecular flexibility index (Phi) is 5.91. The van der Waals surface area contributed by atoms with E-state index in [2.05, 4.69) is 17.1 Å². The molecule has 0 saturated heterocycles. The first-order valence-electron chi connectivity index (χ1n) is 9.98. The van der Waals surface area contributed by atoms with Crippen molar-refractivity contribution in [2.45, 2.75) is 25.8 Å². The molecule has 0 aliphatic carbocycles. The van der Waals surface area contributed by atoms with Gasteiger partial charge in [0, 0.05) is 24.6 Å². The number of nitrogens with zero attached hydrogens (tertiary/aromatic N) is 3. The first-order chi connectivity index (χ1) is 14.2. The van der Waals surface area contributed by atoms with Crippen molar-refractivity contribution in [3.05, 3.63) is 77.0 Å². The molecule has 0 fully saturated rings. The number of aryl methyl sites for hydroxylation is 2.